The van der Waals surface area contributed by atoms with Crippen molar-refractivity contribution in [2.45, 2.75) is 72.1 Å². The summed E-state index contributed by atoms with van der Waals surface area (Å²) >= 11 is 0. The molecule has 114 valence electrons. The number of carboxylic acid groups (broad SMARTS) is 1. The number of fused-ring (bicyclic) bond motifs is 1. The van der Waals surface area contributed by atoms with E-state index in [0.29, 0.717) is 5.41 Å². The van der Waals surface area contributed by atoms with Crippen molar-refractivity contribution in [3.63, 3.8) is 0 Å². The number of carboxylic acids is 1. The van der Waals surface area contributed by atoms with Crippen LogP contribution in [0.2, 0.25) is 0 Å². The van der Waals surface area contributed by atoms with E-state index in [0.717, 1.165) is 29.7 Å². The molecule has 2 aliphatic rings. The summed E-state index contributed by atoms with van der Waals surface area (Å²) in [5, 5.41) is 8.82. The molecule has 1 N–H and O–H groups in total. The lowest BCUT2D eigenvalue weighted by Gasteiger charge is -2.53. The quantitative estimate of drug-likeness (QED) is 0.731. The zero-order valence-corrected chi connectivity index (χ0v) is 13.3. The number of allylic oxidation sites excluding steroid dienone is 1. The lowest BCUT2D eigenvalue weighted by molar-refractivity contribution is -0.131. The van der Waals surface area contributed by atoms with Gasteiger partial charge in [0.15, 0.2) is 0 Å². The molecule has 0 amide bonds. The summed E-state index contributed by atoms with van der Waals surface area (Å²) in [6.07, 6.45) is 11.8. The molecule has 0 radical (unpaired) electrons. The zero-order chi connectivity index (χ0) is 14.8. The standard InChI is InChI=1S/C18H30O2/c1-13(12-17(19)20)9-10-15-7-4-8-16-14(2)6-5-11-18(15,16)3/h12,14-16H,4-11H2,1-3H3,(H,19,20)/b13-12+/t14-,15+,16-,18-/m0/s1. The van der Waals surface area contributed by atoms with Crippen LogP contribution in [0.5, 0.6) is 0 Å². The molecule has 2 heteroatoms. The lowest BCUT2D eigenvalue weighted by Crippen LogP contribution is -2.44. The van der Waals surface area contributed by atoms with E-state index in [4.69, 9.17) is 5.11 Å². The first-order valence-electron chi connectivity index (χ1n) is 8.33. The Labute approximate surface area is 123 Å². The molecular weight excluding hydrogens is 248 g/mol. The summed E-state index contributed by atoms with van der Waals surface area (Å²) < 4.78 is 0. The molecule has 0 aromatic heterocycles. The van der Waals surface area contributed by atoms with Gasteiger partial charge in [0.2, 0.25) is 0 Å². The second kappa shape index (κ2) is 6.32. The Morgan fingerprint density at radius 3 is 2.75 bits per heavy atom. The van der Waals surface area contributed by atoms with Crippen LogP contribution in [0.15, 0.2) is 11.6 Å². The molecule has 4 atom stereocenters. The van der Waals surface area contributed by atoms with E-state index >= 15 is 0 Å². The second-order valence-electron chi connectivity index (χ2n) is 7.48. The van der Waals surface area contributed by atoms with Crippen molar-refractivity contribution in [3.05, 3.63) is 11.6 Å². The normalized spacial score (nSPS) is 38.4. The van der Waals surface area contributed by atoms with Gasteiger partial charge in [0.1, 0.15) is 0 Å². The summed E-state index contributed by atoms with van der Waals surface area (Å²) in [6, 6.07) is 0. The molecule has 0 heterocycles. The van der Waals surface area contributed by atoms with Crippen molar-refractivity contribution in [2.75, 3.05) is 0 Å². The van der Waals surface area contributed by atoms with Crippen LogP contribution >= 0.6 is 0 Å². The largest absolute Gasteiger partial charge is 0.478 e. The number of rotatable bonds is 4. The van der Waals surface area contributed by atoms with Gasteiger partial charge in [0.25, 0.3) is 0 Å². The first-order chi connectivity index (χ1) is 9.43. The maximum atomic E-state index is 10.7. The minimum absolute atomic E-state index is 0.513. The summed E-state index contributed by atoms with van der Waals surface area (Å²) in [4.78, 5) is 10.7. The predicted octanol–water partition coefficient (Wildman–Crippen LogP) is 5.04. The Morgan fingerprint density at radius 2 is 2.05 bits per heavy atom. The molecule has 0 aromatic carbocycles. The van der Waals surface area contributed by atoms with Crippen LogP contribution in [0.25, 0.3) is 0 Å². The first kappa shape index (κ1) is 15.6. The molecule has 0 bridgehead atoms. The Kier molecular flexibility index (Phi) is 4.93. The third kappa shape index (κ3) is 3.27. The molecule has 2 rings (SSSR count). The number of hydrogen-bond donors (Lipinski definition) is 1. The maximum absolute atomic E-state index is 10.7. The van der Waals surface area contributed by atoms with Crippen molar-refractivity contribution < 1.29 is 9.90 Å². The van der Waals surface area contributed by atoms with Crippen LogP contribution in [0.1, 0.15) is 72.1 Å². The molecule has 0 unspecified atom stereocenters. The number of carbonyl (C=O) groups is 1. The van der Waals surface area contributed by atoms with E-state index in [2.05, 4.69) is 13.8 Å². The fraction of sp³-hybridized carbons (Fsp3) is 0.833. The topological polar surface area (TPSA) is 37.3 Å². The van der Waals surface area contributed by atoms with Gasteiger partial charge < -0.3 is 5.11 Å². The van der Waals surface area contributed by atoms with Gasteiger partial charge in [0, 0.05) is 6.08 Å². The average Bonchev–Trinajstić information content (AvgIpc) is 2.35. The van der Waals surface area contributed by atoms with Crippen LogP contribution in [0, 0.1) is 23.2 Å². The highest BCUT2D eigenvalue weighted by Gasteiger charge is 2.46. The molecule has 20 heavy (non-hydrogen) atoms. The summed E-state index contributed by atoms with van der Waals surface area (Å²) in [7, 11) is 0. The van der Waals surface area contributed by atoms with Crippen LogP contribution in [0.3, 0.4) is 0 Å². The summed E-state index contributed by atoms with van der Waals surface area (Å²) in [5.74, 6) is 1.77. The Morgan fingerprint density at radius 1 is 1.30 bits per heavy atom. The molecular formula is C18H30O2. The van der Waals surface area contributed by atoms with Gasteiger partial charge in [0.05, 0.1) is 0 Å². The highest BCUT2D eigenvalue weighted by molar-refractivity contribution is 5.80. The Bertz CT molecular complexity index is 385. The highest BCUT2D eigenvalue weighted by Crippen LogP contribution is 2.56. The lowest BCUT2D eigenvalue weighted by atomic mass is 9.52. The second-order valence-corrected chi connectivity index (χ2v) is 7.48. The van der Waals surface area contributed by atoms with Gasteiger partial charge >= 0.3 is 5.97 Å². The van der Waals surface area contributed by atoms with Crippen molar-refractivity contribution in [1.82, 2.24) is 0 Å². The predicted molar refractivity (Wildman–Crippen MR) is 82.6 cm³/mol. The summed E-state index contributed by atoms with van der Waals surface area (Å²) in [5.41, 5.74) is 1.53. The van der Waals surface area contributed by atoms with Gasteiger partial charge in [-0.05, 0) is 62.2 Å². The van der Waals surface area contributed by atoms with Gasteiger partial charge in [-0.3, -0.25) is 0 Å². The monoisotopic (exact) mass is 278 g/mol. The van der Waals surface area contributed by atoms with Crippen molar-refractivity contribution >= 4 is 5.97 Å². The third-order valence-electron chi connectivity index (χ3n) is 6.17. The molecule has 0 spiro atoms. The van der Waals surface area contributed by atoms with Crippen LogP contribution < -0.4 is 0 Å². The molecule has 0 aliphatic heterocycles. The van der Waals surface area contributed by atoms with E-state index in [1.807, 2.05) is 6.92 Å². The molecule has 2 saturated carbocycles. The molecule has 2 fully saturated rings. The minimum Gasteiger partial charge on any atom is -0.478 e. The molecule has 2 nitrogen and oxygen atoms in total. The van der Waals surface area contributed by atoms with Crippen LogP contribution in [0.4, 0.5) is 0 Å². The SMILES string of the molecule is C/C(=C\C(=O)O)CC[C@H]1CCC[C@H]2[C@@H](C)CCC[C@@]12C. The van der Waals surface area contributed by atoms with E-state index in [1.54, 1.807) is 0 Å². The number of hydrogen-bond acceptors (Lipinski definition) is 1. The van der Waals surface area contributed by atoms with Crippen molar-refractivity contribution in [2.24, 2.45) is 23.2 Å². The van der Waals surface area contributed by atoms with Gasteiger partial charge in [-0.1, -0.05) is 38.7 Å². The van der Waals surface area contributed by atoms with Gasteiger partial charge in [-0.25, -0.2) is 4.79 Å². The van der Waals surface area contributed by atoms with E-state index in [9.17, 15) is 4.79 Å². The van der Waals surface area contributed by atoms with Crippen LogP contribution in [-0.4, -0.2) is 11.1 Å². The van der Waals surface area contributed by atoms with Gasteiger partial charge in [-0.15, -0.1) is 0 Å². The zero-order valence-electron chi connectivity index (χ0n) is 13.3. The highest BCUT2D eigenvalue weighted by atomic mass is 16.4. The Balaban J connectivity index is 2.01. The number of aliphatic carboxylic acids is 1. The van der Waals surface area contributed by atoms with E-state index < -0.39 is 5.97 Å². The summed E-state index contributed by atoms with van der Waals surface area (Å²) in [6.45, 7) is 6.92. The third-order valence-corrected chi connectivity index (χ3v) is 6.17. The van der Waals surface area contributed by atoms with Gasteiger partial charge in [-0.2, -0.15) is 0 Å². The molecule has 2 aliphatic carbocycles. The minimum atomic E-state index is -0.804. The molecule has 0 aromatic rings. The van der Waals surface area contributed by atoms with E-state index in [1.165, 1.54) is 51.0 Å². The van der Waals surface area contributed by atoms with Crippen molar-refractivity contribution in [3.8, 4) is 0 Å². The Hall–Kier alpha value is -0.790. The van der Waals surface area contributed by atoms with E-state index in [-0.39, 0.29) is 0 Å². The fourth-order valence-corrected chi connectivity index (χ4v) is 5.04. The van der Waals surface area contributed by atoms with Crippen molar-refractivity contribution in [1.29, 1.82) is 0 Å². The first-order valence-corrected chi connectivity index (χ1v) is 8.33. The molecule has 0 saturated heterocycles. The average molecular weight is 278 g/mol. The maximum Gasteiger partial charge on any atom is 0.328 e. The fourth-order valence-electron chi connectivity index (χ4n) is 5.04. The van der Waals surface area contributed by atoms with Crippen LogP contribution in [-0.2, 0) is 4.79 Å². The smallest absolute Gasteiger partial charge is 0.328 e.